The first-order valence-electron chi connectivity index (χ1n) is 6.30. The van der Waals surface area contributed by atoms with Crippen LogP contribution in [0.25, 0.3) is 0 Å². The van der Waals surface area contributed by atoms with Crippen LogP contribution in [0.3, 0.4) is 0 Å². The average Bonchev–Trinajstić information content (AvgIpc) is 2.12. The van der Waals surface area contributed by atoms with E-state index in [0.717, 1.165) is 0 Å². The molecule has 0 spiro atoms. The van der Waals surface area contributed by atoms with Gasteiger partial charge in [0.25, 0.3) is 0 Å². The third-order valence-corrected chi connectivity index (χ3v) is 2.56. The smallest absolute Gasteiger partial charge is 0.316 e. The van der Waals surface area contributed by atoms with Crippen molar-refractivity contribution in [1.82, 2.24) is 10.6 Å². The number of nitrogens with one attached hydrogen (secondary N) is 2. The van der Waals surface area contributed by atoms with Crippen molar-refractivity contribution in [3.05, 3.63) is 0 Å². The molecule has 110 valence electrons. The normalized spacial score (nSPS) is 14.7. The van der Waals surface area contributed by atoms with Crippen LogP contribution < -0.4 is 10.6 Å². The number of hydrogen-bond donors (Lipinski definition) is 3. The molecule has 0 radical (unpaired) electrons. The Morgan fingerprint density at radius 2 is 1.42 bits per heavy atom. The van der Waals surface area contributed by atoms with Crippen molar-refractivity contribution in [2.45, 2.75) is 53.6 Å². The van der Waals surface area contributed by atoms with E-state index in [2.05, 4.69) is 10.6 Å². The Morgan fingerprint density at radius 3 is 1.74 bits per heavy atom. The van der Waals surface area contributed by atoms with Crippen LogP contribution in [0.5, 0.6) is 0 Å². The van der Waals surface area contributed by atoms with Gasteiger partial charge in [0.05, 0.1) is 0 Å². The molecule has 0 aliphatic heterocycles. The molecule has 0 bridgehead atoms. The maximum atomic E-state index is 12.0. The summed E-state index contributed by atoms with van der Waals surface area (Å²) in [5.41, 5.74) is -0.718. The second kappa shape index (κ2) is 6.54. The summed E-state index contributed by atoms with van der Waals surface area (Å²) >= 11 is 0. The van der Waals surface area contributed by atoms with Crippen LogP contribution >= 0.6 is 0 Å². The van der Waals surface area contributed by atoms with E-state index in [0.29, 0.717) is 0 Å². The van der Waals surface area contributed by atoms with Gasteiger partial charge < -0.3 is 15.7 Å². The van der Waals surface area contributed by atoms with Gasteiger partial charge in [-0.05, 0) is 26.2 Å². The molecule has 0 saturated carbocycles. The first-order valence-corrected chi connectivity index (χ1v) is 6.30. The highest BCUT2D eigenvalue weighted by atomic mass is 16.4. The van der Waals surface area contributed by atoms with Crippen molar-refractivity contribution >= 4 is 17.8 Å². The van der Waals surface area contributed by atoms with E-state index in [-0.39, 0.29) is 11.9 Å². The number of carboxylic acid groups (broad SMARTS) is 1. The van der Waals surface area contributed by atoms with Gasteiger partial charge in [-0.25, -0.2) is 0 Å². The minimum atomic E-state index is -1.19. The van der Waals surface area contributed by atoms with Crippen LogP contribution in [0.4, 0.5) is 0 Å². The summed E-state index contributed by atoms with van der Waals surface area (Å²) in [6.07, 6.45) is 0. The van der Waals surface area contributed by atoms with Gasteiger partial charge in [-0.3, -0.25) is 14.4 Å². The van der Waals surface area contributed by atoms with Gasteiger partial charge in [0.1, 0.15) is 12.0 Å². The number of aliphatic carboxylic acids is 1. The van der Waals surface area contributed by atoms with E-state index in [4.69, 9.17) is 5.11 Å². The fourth-order valence-corrected chi connectivity index (χ4v) is 1.65. The molecule has 2 amide bonds. The van der Waals surface area contributed by atoms with Gasteiger partial charge in [-0.2, -0.15) is 0 Å². The van der Waals surface area contributed by atoms with Crippen molar-refractivity contribution in [2.75, 3.05) is 0 Å². The summed E-state index contributed by atoms with van der Waals surface area (Å²) < 4.78 is 0. The zero-order valence-electron chi connectivity index (χ0n) is 12.4. The van der Waals surface area contributed by atoms with Crippen LogP contribution in [0.1, 0.15) is 41.5 Å². The van der Waals surface area contributed by atoms with Crippen molar-refractivity contribution in [1.29, 1.82) is 0 Å². The van der Waals surface area contributed by atoms with E-state index in [9.17, 15) is 14.4 Å². The van der Waals surface area contributed by atoms with Crippen molar-refractivity contribution in [2.24, 2.45) is 11.3 Å². The topological polar surface area (TPSA) is 95.5 Å². The second-order valence-corrected chi connectivity index (χ2v) is 6.03. The van der Waals surface area contributed by atoms with Gasteiger partial charge in [-0.15, -0.1) is 0 Å². The molecule has 2 unspecified atom stereocenters. The first-order chi connectivity index (χ1) is 8.46. The van der Waals surface area contributed by atoms with Crippen LogP contribution in [0.2, 0.25) is 0 Å². The standard InChI is InChI=1S/C13H24N2O4/c1-7(2)14-10(16)8(3)15-11(17)9(12(18)19)13(4,5)6/h7-9H,1-6H3,(H,14,16)(H,15,17)(H,18,19). The fourth-order valence-electron chi connectivity index (χ4n) is 1.65. The molecule has 6 nitrogen and oxygen atoms in total. The monoisotopic (exact) mass is 272 g/mol. The second-order valence-electron chi connectivity index (χ2n) is 6.03. The van der Waals surface area contributed by atoms with Gasteiger partial charge in [0, 0.05) is 6.04 Å². The van der Waals surface area contributed by atoms with Crippen LogP contribution in [0.15, 0.2) is 0 Å². The molecule has 0 aromatic rings. The lowest BCUT2D eigenvalue weighted by Crippen LogP contribution is -2.51. The Hall–Kier alpha value is -1.59. The minimum Gasteiger partial charge on any atom is -0.481 e. The molecule has 0 rings (SSSR count). The van der Waals surface area contributed by atoms with Crippen molar-refractivity contribution in [3.8, 4) is 0 Å². The number of carbonyl (C=O) groups excluding carboxylic acids is 2. The van der Waals surface area contributed by atoms with Gasteiger partial charge in [-0.1, -0.05) is 20.8 Å². The maximum absolute atomic E-state index is 12.0. The molecule has 6 heteroatoms. The summed E-state index contributed by atoms with van der Waals surface area (Å²) in [7, 11) is 0. The largest absolute Gasteiger partial charge is 0.481 e. The van der Waals surface area contributed by atoms with Gasteiger partial charge in [0.15, 0.2) is 0 Å². The third kappa shape index (κ3) is 5.72. The Labute approximate surface area is 113 Å². The molecule has 2 atom stereocenters. The summed E-state index contributed by atoms with van der Waals surface area (Å²) in [5.74, 6) is -3.36. The first kappa shape index (κ1) is 17.4. The molecule has 0 aliphatic carbocycles. The quantitative estimate of drug-likeness (QED) is 0.644. The summed E-state index contributed by atoms with van der Waals surface area (Å²) in [5, 5.41) is 14.2. The Bertz CT molecular complexity index is 358. The summed E-state index contributed by atoms with van der Waals surface area (Å²) in [6, 6.07) is -0.802. The molecule has 0 aromatic carbocycles. The lowest BCUT2D eigenvalue weighted by molar-refractivity contribution is -0.152. The Kier molecular flexibility index (Phi) is 5.99. The number of rotatable bonds is 5. The fraction of sp³-hybridized carbons (Fsp3) is 0.769. The molecule has 3 N–H and O–H groups in total. The van der Waals surface area contributed by atoms with E-state index < -0.39 is 29.3 Å². The third-order valence-electron chi connectivity index (χ3n) is 2.56. The van der Waals surface area contributed by atoms with Crippen molar-refractivity contribution < 1.29 is 19.5 Å². The Morgan fingerprint density at radius 1 is 0.947 bits per heavy atom. The van der Waals surface area contributed by atoms with Crippen LogP contribution in [0, 0.1) is 11.3 Å². The number of carbonyl (C=O) groups is 3. The molecular weight excluding hydrogens is 248 g/mol. The SMILES string of the molecule is CC(C)NC(=O)C(C)NC(=O)C(C(=O)O)C(C)(C)C. The zero-order chi connectivity index (χ0) is 15.4. The molecule has 0 saturated heterocycles. The zero-order valence-corrected chi connectivity index (χ0v) is 12.4. The average molecular weight is 272 g/mol. The van der Waals surface area contributed by atoms with E-state index in [1.165, 1.54) is 6.92 Å². The molecule has 0 aliphatic rings. The molecule has 19 heavy (non-hydrogen) atoms. The van der Waals surface area contributed by atoms with Crippen LogP contribution in [-0.4, -0.2) is 35.0 Å². The molecule has 0 aromatic heterocycles. The number of carboxylic acids is 1. The number of amides is 2. The highest BCUT2D eigenvalue weighted by Crippen LogP contribution is 2.26. The maximum Gasteiger partial charge on any atom is 0.316 e. The minimum absolute atomic E-state index is 0.0373. The highest BCUT2D eigenvalue weighted by Gasteiger charge is 2.38. The molecular formula is C13H24N2O4. The Balaban J connectivity index is 4.75. The van der Waals surface area contributed by atoms with E-state index in [1.54, 1.807) is 20.8 Å². The predicted octanol–water partition coefficient (Wildman–Crippen LogP) is 0.763. The van der Waals surface area contributed by atoms with Crippen LogP contribution in [-0.2, 0) is 14.4 Å². The van der Waals surface area contributed by atoms with Gasteiger partial charge >= 0.3 is 5.97 Å². The highest BCUT2D eigenvalue weighted by molar-refractivity contribution is 5.99. The summed E-state index contributed by atoms with van der Waals surface area (Å²) in [6.45, 7) is 10.2. The molecule has 0 fully saturated rings. The lowest BCUT2D eigenvalue weighted by atomic mass is 9.80. The van der Waals surface area contributed by atoms with E-state index in [1.807, 2.05) is 13.8 Å². The summed E-state index contributed by atoms with van der Waals surface area (Å²) in [4.78, 5) is 34.8. The van der Waals surface area contributed by atoms with E-state index >= 15 is 0 Å². The predicted molar refractivity (Wildman–Crippen MR) is 71.5 cm³/mol. The molecule has 0 heterocycles. The lowest BCUT2D eigenvalue weighted by Gasteiger charge is -2.27. The van der Waals surface area contributed by atoms with Crippen molar-refractivity contribution in [3.63, 3.8) is 0 Å². The number of hydrogen-bond acceptors (Lipinski definition) is 3. The van der Waals surface area contributed by atoms with Gasteiger partial charge in [0.2, 0.25) is 11.8 Å².